The van der Waals surface area contributed by atoms with E-state index in [0.29, 0.717) is 12.0 Å². The zero-order chi connectivity index (χ0) is 14.0. The third-order valence-corrected chi connectivity index (χ3v) is 5.15. The fraction of sp³-hybridized carbons (Fsp3) is 0.938. The van der Waals surface area contributed by atoms with Crippen molar-refractivity contribution < 1.29 is 4.79 Å². The maximum Gasteiger partial charge on any atom is 0.223 e. The quantitative estimate of drug-likeness (QED) is 0.807. The van der Waals surface area contributed by atoms with E-state index in [1.807, 2.05) is 0 Å². The minimum Gasteiger partial charge on any atom is -0.353 e. The van der Waals surface area contributed by atoms with Crippen LogP contribution in [-0.2, 0) is 4.79 Å². The lowest BCUT2D eigenvalue weighted by Crippen LogP contribution is -2.46. The molecule has 1 amide bonds. The summed E-state index contributed by atoms with van der Waals surface area (Å²) < 4.78 is 0. The van der Waals surface area contributed by atoms with Gasteiger partial charge in [-0.05, 0) is 56.3 Å². The van der Waals surface area contributed by atoms with Gasteiger partial charge in [-0.25, -0.2) is 0 Å². The van der Waals surface area contributed by atoms with E-state index in [1.54, 1.807) is 0 Å². The molecule has 3 N–H and O–H groups in total. The number of carbonyl (C=O) groups excluding carboxylic acids is 1. The predicted molar refractivity (Wildman–Crippen MR) is 78.6 cm³/mol. The van der Waals surface area contributed by atoms with Crippen molar-refractivity contribution in [3.8, 4) is 0 Å². The van der Waals surface area contributed by atoms with Crippen molar-refractivity contribution in [2.24, 2.45) is 29.4 Å². The molecule has 0 spiro atoms. The van der Waals surface area contributed by atoms with Crippen LogP contribution in [-0.4, -0.2) is 18.0 Å². The number of rotatable bonds is 2. The zero-order valence-electron chi connectivity index (χ0n) is 12.7. The molecule has 2 fully saturated rings. The Morgan fingerprint density at radius 1 is 1.00 bits per heavy atom. The molecule has 5 atom stereocenters. The first-order valence-electron chi connectivity index (χ1n) is 8.01. The van der Waals surface area contributed by atoms with Crippen LogP contribution in [0.5, 0.6) is 0 Å². The van der Waals surface area contributed by atoms with Crippen LogP contribution in [0.15, 0.2) is 0 Å². The Bertz CT molecular complexity index is 308. The smallest absolute Gasteiger partial charge is 0.223 e. The van der Waals surface area contributed by atoms with Gasteiger partial charge in [0.15, 0.2) is 0 Å². The molecule has 0 bridgehead atoms. The summed E-state index contributed by atoms with van der Waals surface area (Å²) in [5, 5.41) is 3.29. The van der Waals surface area contributed by atoms with Crippen LogP contribution in [0.25, 0.3) is 0 Å². The van der Waals surface area contributed by atoms with Crippen molar-refractivity contribution in [3.05, 3.63) is 0 Å². The number of amides is 1. The number of nitrogens with two attached hydrogens (primary N) is 1. The van der Waals surface area contributed by atoms with Gasteiger partial charge >= 0.3 is 0 Å². The first kappa shape index (κ1) is 14.8. The molecule has 0 aromatic rings. The molecule has 5 unspecified atom stereocenters. The van der Waals surface area contributed by atoms with Crippen LogP contribution in [0, 0.1) is 23.7 Å². The van der Waals surface area contributed by atoms with Gasteiger partial charge in [0.05, 0.1) is 0 Å². The molecule has 110 valence electrons. The van der Waals surface area contributed by atoms with Gasteiger partial charge in [-0.15, -0.1) is 0 Å². The molecule has 3 heteroatoms. The highest BCUT2D eigenvalue weighted by Gasteiger charge is 2.32. The number of nitrogens with one attached hydrogen (secondary N) is 1. The van der Waals surface area contributed by atoms with Gasteiger partial charge in [-0.2, -0.15) is 0 Å². The molecule has 0 radical (unpaired) electrons. The third kappa shape index (κ3) is 3.95. The van der Waals surface area contributed by atoms with E-state index >= 15 is 0 Å². The number of hydrogen-bond donors (Lipinski definition) is 2. The van der Waals surface area contributed by atoms with Crippen LogP contribution >= 0.6 is 0 Å². The third-order valence-electron chi connectivity index (χ3n) is 5.15. The van der Waals surface area contributed by atoms with Crippen molar-refractivity contribution in [1.29, 1.82) is 0 Å². The van der Waals surface area contributed by atoms with Gasteiger partial charge in [-0.3, -0.25) is 4.79 Å². The summed E-state index contributed by atoms with van der Waals surface area (Å²) in [5.41, 5.74) is 6.10. The first-order chi connectivity index (χ1) is 8.95. The van der Waals surface area contributed by atoms with Gasteiger partial charge in [-0.1, -0.05) is 20.8 Å². The molecule has 0 aromatic carbocycles. The van der Waals surface area contributed by atoms with Gasteiger partial charge in [0.1, 0.15) is 0 Å². The Morgan fingerprint density at radius 2 is 1.63 bits per heavy atom. The highest BCUT2D eigenvalue weighted by Crippen LogP contribution is 2.31. The second-order valence-electron chi connectivity index (χ2n) is 7.27. The van der Waals surface area contributed by atoms with Gasteiger partial charge in [0, 0.05) is 18.0 Å². The summed E-state index contributed by atoms with van der Waals surface area (Å²) in [4.78, 5) is 12.4. The van der Waals surface area contributed by atoms with Crippen LogP contribution in [0.3, 0.4) is 0 Å². The number of carbonyl (C=O) groups is 1. The monoisotopic (exact) mass is 266 g/mol. The Hall–Kier alpha value is -0.570. The summed E-state index contributed by atoms with van der Waals surface area (Å²) in [6.07, 6.45) is 6.56. The lowest BCUT2D eigenvalue weighted by molar-refractivity contribution is -0.127. The fourth-order valence-electron chi connectivity index (χ4n) is 3.98. The zero-order valence-corrected chi connectivity index (χ0v) is 12.7. The summed E-state index contributed by atoms with van der Waals surface area (Å²) in [6.45, 7) is 6.79. The molecule has 3 nitrogen and oxygen atoms in total. The van der Waals surface area contributed by atoms with Crippen LogP contribution < -0.4 is 11.1 Å². The second-order valence-corrected chi connectivity index (χ2v) is 7.27. The molecule has 0 saturated heterocycles. The summed E-state index contributed by atoms with van der Waals surface area (Å²) in [6, 6.07) is 0.593. The lowest BCUT2D eigenvalue weighted by atomic mass is 9.78. The van der Waals surface area contributed by atoms with Crippen LogP contribution in [0.4, 0.5) is 0 Å². The van der Waals surface area contributed by atoms with Crippen molar-refractivity contribution in [2.45, 2.75) is 71.4 Å². The second kappa shape index (κ2) is 6.25. The molecular formula is C16H30N2O. The molecule has 2 rings (SSSR count). The molecular weight excluding hydrogens is 236 g/mol. The molecule has 0 aromatic heterocycles. The SMILES string of the molecule is CC1CC(C)CC(NC(=O)C2CCC(C)C(N)C2)C1. The molecule has 0 aliphatic heterocycles. The normalized spacial score (nSPS) is 43.8. The average Bonchev–Trinajstić information content (AvgIpc) is 2.31. The van der Waals surface area contributed by atoms with Gasteiger partial charge in [0.25, 0.3) is 0 Å². The molecule has 0 heterocycles. The molecule has 2 aliphatic carbocycles. The van der Waals surface area contributed by atoms with Crippen molar-refractivity contribution >= 4 is 5.91 Å². The van der Waals surface area contributed by atoms with Gasteiger partial charge < -0.3 is 11.1 Å². The summed E-state index contributed by atoms with van der Waals surface area (Å²) in [7, 11) is 0. The Kier molecular flexibility index (Phi) is 4.88. The molecule has 19 heavy (non-hydrogen) atoms. The van der Waals surface area contributed by atoms with Crippen LogP contribution in [0.2, 0.25) is 0 Å². The topological polar surface area (TPSA) is 55.1 Å². The molecule has 2 aliphatic rings. The number of hydrogen-bond acceptors (Lipinski definition) is 2. The van der Waals surface area contributed by atoms with E-state index in [2.05, 4.69) is 26.1 Å². The van der Waals surface area contributed by atoms with E-state index in [1.165, 1.54) is 6.42 Å². The minimum atomic E-state index is 0.152. The fourth-order valence-corrected chi connectivity index (χ4v) is 3.98. The van der Waals surface area contributed by atoms with E-state index in [4.69, 9.17) is 5.73 Å². The standard InChI is InChI=1S/C16H30N2O/c1-10-6-11(2)8-14(7-10)18-16(19)13-5-4-12(3)15(17)9-13/h10-15H,4-9,17H2,1-3H3,(H,18,19). The lowest BCUT2D eigenvalue weighted by Gasteiger charge is -2.35. The van der Waals surface area contributed by atoms with Gasteiger partial charge in [0.2, 0.25) is 5.91 Å². The largest absolute Gasteiger partial charge is 0.353 e. The predicted octanol–water partition coefficient (Wildman–Crippen LogP) is 2.69. The van der Waals surface area contributed by atoms with E-state index in [0.717, 1.165) is 43.9 Å². The van der Waals surface area contributed by atoms with Crippen molar-refractivity contribution in [3.63, 3.8) is 0 Å². The average molecular weight is 266 g/mol. The van der Waals surface area contributed by atoms with Crippen LogP contribution in [0.1, 0.15) is 59.3 Å². The highest BCUT2D eigenvalue weighted by atomic mass is 16.1. The van der Waals surface area contributed by atoms with Crippen molar-refractivity contribution in [1.82, 2.24) is 5.32 Å². The highest BCUT2D eigenvalue weighted by molar-refractivity contribution is 5.79. The summed E-state index contributed by atoms with van der Waals surface area (Å²) >= 11 is 0. The van der Waals surface area contributed by atoms with E-state index in [-0.39, 0.29) is 17.9 Å². The Balaban J connectivity index is 1.83. The maximum atomic E-state index is 12.4. The summed E-state index contributed by atoms with van der Waals surface area (Å²) in [5.74, 6) is 2.46. The Morgan fingerprint density at radius 3 is 2.21 bits per heavy atom. The first-order valence-corrected chi connectivity index (χ1v) is 8.01. The van der Waals surface area contributed by atoms with Crippen molar-refractivity contribution in [2.75, 3.05) is 0 Å². The molecule has 2 saturated carbocycles. The maximum absolute atomic E-state index is 12.4. The minimum absolute atomic E-state index is 0.152. The Labute approximate surface area is 117 Å². The van der Waals surface area contributed by atoms with E-state index < -0.39 is 0 Å². The van der Waals surface area contributed by atoms with E-state index in [9.17, 15) is 4.79 Å².